The molecule has 0 saturated carbocycles. The Morgan fingerprint density at radius 1 is 1.28 bits per heavy atom. The van der Waals surface area contributed by atoms with Gasteiger partial charge in [0.15, 0.2) is 6.61 Å². The lowest BCUT2D eigenvalue weighted by molar-refractivity contribution is -0.384. The van der Waals surface area contributed by atoms with Crippen molar-refractivity contribution in [2.45, 2.75) is 19.3 Å². The standard InChI is InChI=1S/C20H20BrN3O5/c1-20(2,13-3-5-14(21)6-4-13)12-22-18(25)10-23-16-9-15(24(27)28)7-8-17(16)29-11-19(23)26/h3-9H,10-12H2,1-2H3,(H,22,25). The highest BCUT2D eigenvalue weighted by Crippen LogP contribution is 2.35. The number of carbonyl (C=O) groups excluding carboxylic acids is 2. The number of rotatable bonds is 6. The number of nitrogens with one attached hydrogen (secondary N) is 1. The number of non-ortho nitro benzene ring substituents is 1. The number of carbonyl (C=O) groups is 2. The molecule has 3 rings (SSSR count). The molecule has 152 valence electrons. The summed E-state index contributed by atoms with van der Waals surface area (Å²) in [6, 6.07) is 11.8. The Morgan fingerprint density at radius 2 is 1.97 bits per heavy atom. The van der Waals surface area contributed by atoms with Crippen LogP contribution in [0.3, 0.4) is 0 Å². The lowest BCUT2D eigenvalue weighted by Crippen LogP contribution is -2.47. The van der Waals surface area contributed by atoms with Crippen LogP contribution >= 0.6 is 15.9 Å². The van der Waals surface area contributed by atoms with Gasteiger partial charge in [0.1, 0.15) is 12.3 Å². The van der Waals surface area contributed by atoms with Crippen molar-refractivity contribution in [3.63, 3.8) is 0 Å². The molecule has 1 heterocycles. The van der Waals surface area contributed by atoms with E-state index in [-0.39, 0.29) is 35.8 Å². The van der Waals surface area contributed by atoms with Crippen molar-refractivity contribution >= 4 is 39.1 Å². The normalized spacial score (nSPS) is 13.5. The van der Waals surface area contributed by atoms with E-state index < -0.39 is 10.8 Å². The van der Waals surface area contributed by atoms with Gasteiger partial charge in [0.25, 0.3) is 11.6 Å². The fraction of sp³-hybridized carbons (Fsp3) is 0.300. The fourth-order valence-electron chi connectivity index (χ4n) is 3.00. The Balaban J connectivity index is 1.70. The number of fused-ring (bicyclic) bond motifs is 1. The number of hydrogen-bond donors (Lipinski definition) is 1. The van der Waals surface area contributed by atoms with Gasteiger partial charge in [-0.25, -0.2) is 0 Å². The van der Waals surface area contributed by atoms with Crippen LogP contribution < -0.4 is 15.0 Å². The Morgan fingerprint density at radius 3 is 2.62 bits per heavy atom. The molecule has 0 aromatic heterocycles. The molecule has 2 aromatic carbocycles. The summed E-state index contributed by atoms with van der Waals surface area (Å²) in [5, 5.41) is 13.9. The van der Waals surface area contributed by atoms with Crippen LogP contribution in [0.1, 0.15) is 19.4 Å². The zero-order valence-corrected chi connectivity index (χ0v) is 17.6. The van der Waals surface area contributed by atoms with Crippen molar-refractivity contribution in [1.29, 1.82) is 0 Å². The zero-order valence-electron chi connectivity index (χ0n) is 16.0. The molecule has 1 N–H and O–H groups in total. The molecule has 8 nitrogen and oxygen atoms in total. The molecule has 0 atom stereocenters. The van der Waals surface area contributed by atoms with E-state index in [0.717, 1.165) is 10.0 Å². The summed E-state index contributed by atoms with van der Waals surface area (Å²) in [7, 11) is 0. The maximum atomic E-state index is 12.5. The summed E-state index contributed by atoms with van der Waals surface area (Å²) in [6.07, 6.45) is 0. The monoisotopic (exact) mass is 461 g/mol. The molecular formula is C20H20BrN3O5. The molecule has 2 aromatic rings. The molecule has 0 bridgehead atoms. The number of ether oxygens (including phenoxy) is 1. The Kier molecular flexibility index (Phi) is 5.88. The number of amides is 2. The quantitative estimate of drug-likeness (QED) is 0.525. The number of nitro benzene ring substituents is 1. The van der Waals surface area contributed by atoms with Gasteiger partial charge in [0.05, 0.1) is 10.6 Å². The Labute approximate surface area is 176 Å². The lowest BCUT2D eigenvalue weighted by Gasteiger charge is -2.30. The lowest BCUT2D eigenvalue weighted by atomic mass is 9.84. The predicted octanol–water partition coefficient (Wildman–Crippen LogP) is 3.18. The van der Waals surface area contributed by atoms with Crippen LogP contribution in [-0.4, -0.2) is 36.4 Å². The number of nitrogens with zero attached hydrogens (tertiary/aromatic N) is 2. The third kappa shape index (κ3) is 4.73. The maximum absolute atomic E-state index is 12.5. The molecular weight excluding hydrogens is 442 g/mol. The minimum Gasteiger partial charge on any atom is -0.482 e. The van der Waals surface area contributed by atoms with Gasteiger partial charge in [-0.2, -0.15) is 0 Å². The number of anilines is 1. The van der Waals surface area contributed by atoms with Crippen molar-refractivity contribution < 1.29 is 19.2 Å². The molecule has 0 unspecified atom stereocenters. The largest absolute Gasteiger partial charge is 0.482 e. The molecule has 29 heavy (non-hydrogen) atoms. The summed E-state index contributed by atoms with van der Waals surface area (Å²) < 4.78 is 6.29. The minimum absolute atomic E-state index is 0.177. The third-order valence-corrected chi connectivity index (χ3v) is 5.28. The number of nitro groups is 1. The van der Waals surface area contributed by atoms with Crippen LogP contribution in [-0.2, 0) is 15.0 Å². The summed E-state index contributed by atoms with van der Waals surface area (Å²) in [4.78, 5) is 36.5. The highest BCUT2D eigenvalue weighted by molar-refractivity contribution is 9.10. The second kappa shape index (κ2) is 8.20. The number of hydrogen-bond acceptors (Lipinski definition) is 5. The first-order chi connectivity index (χ1) is 13.7. The molecule has 0 spiro atoms. The minimum atomic E-state index is -0.557. The molecule has 0 radical (unpaired) electrons. The summed E-state index contributed by atoms with van der Waals surface area (Å²) in [5.74, 6) is -0.457. The highest BCUT2D eigenvalue weighted by Gasteiger charge is 2.30. The van der Waals surface area contributed by atoms with Gasteiger partial charge in [0.2, 0.25) is 5.91 Å². The summed E-state index contributed by atoms with van der Waals surface area (Å²) >= 11 is 3.40. The fourth-order valence-corrected chi connectivity index (χ4v) is 3.26. The number of halogens is 1. The van der Waals surface area contributed by atoms with Gasteiger partial charge < -0.3 is 10.1 Å². The molecule has 1 aliphatic rings. The van der Waals surface area contributed by atoms with Crippen LogP contribution in [0.4, 0.5) is 11.4 Å². The highest BCUT2D eigenvalue weighted by atomic mass is 79.9. The first kappa shape index (κ1) is 20.8. The van der Waals surface area contributed by atoms with Crippen LogP contribution in [0.2, 0.25) is 0 Å². The van der Waals surface area contributed by atoms with E-state index >= 15 is 0 Å². The molecule has 0 aliphatic carbocycles. The van der Waals surface area contributed by atoms with E-state index in [4.69, 9.17) is 4.74 Å². The second-order valence-electron chi connectivity index (χ2n) is 7.35. The van der Waals surface area contributed by atoms with Crippen molar-refractivity contribution in [1.82, 2.24) is 5.32 Å². The van der Waals surface area contributed by atoms with E-state index in [9.17, 15) is 19.7 Å². The van der Waals surface area contributed by atoms with Gasteiger partial charge >= 0.3 is 0 Å². The smallest absolute Gasteiger partial charge is 0.271 e. The number of benzene rings is 2. The zero-order chi connectivity index (χ0) is 21.2. The Bertz CT molecular complexity index is 959. The molecule has 2 amide bonds. The average Bonchev–Trinajstić information content (AvgIpc) is 2.68. The summed E-state index contributed by atoms with van der Waals surface area (Å²) in [5.41, 5.74) is 0.785. The van der Waals surface area contributed by atoms with E-state index in [1.165, 1.54) is 23.1 Å². The maximum Gasteiger partial charge on any atom is 0.271 e. The van der Waals surface area contributed by atoms with Crippen molar-refractivity contribution in [2.75, 3.05) is 24.6 Å². The van der Waals surface area contributed by atoms with Crippen molar-refractivity contribution in [3.8, 4) is 5.75 Å². The molecule has 0 fully saturated rings. The van der Waals surface area contributed by atoms with E-state index in [0.29, 0.717) is 12.3 Å². The van der Waals surface area contributed by atoms with Gasteiger partial charge in [-0.1, -0.05) is 41.9 Å². The molecule has 9 heteroatoms. The van der Waals surface area contributed by atoms with Gasteiger partial charge in [-0.15, -0.1) is 0 Å². The van der Waals surface area contributed by atoms with Crippen molar-refractivity contribution in [3.05, 3.63) is 62.6 Å². The second-order valence-corrected chi connectivity index (χ2v) is 8.26. The van der Waals surface area contributed by atoms with E-state index in [1.54, 1.807) is 0 Å². The average molecular weight is 462 g/mol. The SMILES string of the molecule is CC(C)(CNC(=O)CN1C(=O)COc2ccc([N+](=O)[O-])cc21)c1ccc(Br)cc1. The van der Waals surface area contributed by atoms with E-state index in [1.807, 2.05) is 38.1 Å². The van der Waals surface area contributed by atoms with Crippen molar-refractivity contribution in [2.24, 2.45) is 0 Å². The van der Waals surface area contributed by atoms with E-state index in [2.05, 4.69) is 21.2 Å². The topological polar surface area (TPSA) is 102 Å². The van der Waals surface area contributed by atoms with Crippen LogP contribution in [0.5, 0.6) is 5.75 Å². The Hall–Kier alpha value is -2.94. The van der Waals surface area contributed by atoms with Gasteiger partial charge in [-0.3, -0.25) is 24.6 Å². The first-order valence-electron chi connectivity index (χ1n) is 8.92. The third-order valence-electron chi connectivity index (χ3n) is 4.75. The van der Waals surface area contributed by atoms with Gasteiger partial charge in [-0.05, 0) is 23.8 Å². The van der Waals surface area contributed by atoms with Crippen LogP contribution in [0.15, 0.2) is 46.9 Å². The molecule has 1 aliphatic heterocycles. The first-order valence-corrected chi connectivity index (χ1v) is 9.71. The molecule has 0 saturated heterocycles. The van der Waals surface area contributed by atoms with Crippen LogP contribution in [0, 0.1) is 10.1 Å². The summed E-state index contributed by atoms with van der Waals surface area (Å²) in [6.45, 7) is 3.92. The predicted molar refractivity (Wildman–Crippen MR) is 111 cm³/mol. The van der Waals surface area contributed by atoms with Crippen LogP contribution in [0.25, 0.3) is 0 Å². The van der Waals surface area contributed by atoms with Gasteiger partial charge in [0, 0.05) is 28.6 Å².